The van der Waals surface area contributed by atoms with E-state index in [-0.39, 0.29) is 5.54 Å². The number of pyridine rings is 1. The maximum atomic E-state index is 6.32. The Balaban J connectivity index is 2.29. The molecule has 0 aromatic carbocycles. The quantitative estimate of drug-likeness (QED) is 0.860. The minimum atomic E-state index is -0.117. The highest BCUT2D eigenvalue weighted by Gasteiger charge is 2.42. The number of rotatable bonds is 2. The standard InChI is InChI=1S/C14H19N3/c1-9(2)12-10(3)17-8-4-5-11(13(17)16-12)14(15)6-7-14/h4-5,8-9H,6-7,15H2,1-3H3. The molecule has 90 valence electrons. The number of fused-ring (bicyclic) bond motifs is 1. The molecule has 2 aromatic heterocycles. The second-order valence-corrected chi connectivity index (χ2v) is 5.51. The van der Waals surface area contributed by atoms with Crippen LogP contribution in [0.4, 0.5) is 0 Å². The highest BCUT2D eigenvalue weighted by Crippen LogP contribution is 2.44. The fraction of sp³-hybridized carbons (Fsp3) is 0.500. The van der Waals surface area contributed by atoms with Crippen LogP contribution in [0.1, 0.15) is 49.6 Å². The third kappa shape index (κ3) is 1.49. The summed E-state index contributed by atoms with van der Waals surface area (Å²) in [7, 11) is 0. The maximum Gasteiger partial charge on any atom is 0.142 e. The van der Waals surface area contributed by atoms with Gasteiger partial charge in [-0.1, -0.05) is 19.9 Å². The minimum absolute atomic E-state index is 0.117. The predicted molar refractivity (Wildman–Crippen MR) is 69.1 cm³/mol. The predicted octanol–water partition coefficient (Wildman–Crippen LogP) is 2.71. The van der Waals surface area contributed by atoms with Crippen LogP contribution in [-0.2, 0) is 5.54 Å². The first-order valence-electron chi connectivity index (χ1n) is 6.30. The molecule has 2 N–H and O–H groups in total. The van der Waals surface area contributed by atoms with E-state index in [4.69, 9.17) is 10.7 Å². The van der Waals surface area contributed by atoms with Crippen LogP contribution in [0.25, 0.3) is 5.65 Å². The average molecular weight is 229 g/mol. The van der Waals surface area contributed by atoms with E-state index in [2.05, 4.69) is 43.5 Å². The van der Waals surface area contributed by atoms with Crippen LogP contribution in [0.3, 0.4) is 0 Å². The molecule has 3 heteroatoms. The van der Waals surface area contributed by atoms with Crippen molar-refractivity contribution in [2.45, 2.75) is 45.1 Å². The molecule has 1 aliphatic carbocycles. The molecule has 0 amide bonds. The van der Waals surface area contributed by atoms with Gasteiger partial charge < -0.3 is 10.1 Å². The van der Waals surface area contributed by atoms with Crippen molar-refractivity contribution in [3.05, 3.63) is 35.3 Å². The highest BCUT2D eigenvalue weighted by molar-refractivity contribution is 5.56. The van der Waals surface area contributed by atoms with E-state index in [0.717, 1.165) is 18.5 Å². The SMILES string of the molecule is Cc1c(C(C)C)nc2c(C3(N)CC3)cccn12. The van der Waals surface area contributed by atoms with Gasteiger partial charge in [-0.15, -0.1) is 0 Å². The van der Waals surface area contributed by atoms with E-state index < -0.39 is 0 Å². The molecular formula is C14H19N3. The zero-order valence-corrected chi connectivity index (χ0v) is 10.7. The second kappa shape index (κ2) is 3.33. The van der Waals surface area contributed by atoms with Crippen LogP contribution in [-0.4, -0.2) is 9.38 Å². The lowest BCUT2D eigenvalue weighted by Crippen LogP contribution is -2.19. The van der Waals surface area contributed by atoms with Crippen LogP contribution < -0.4 is 5.73 Å². The van der Waals surface area contributed by atoms with Gasteiger partial charge in [-0.3, -0.25) is 0 Å². The van der Waals surface area contributed by atoms with E-state index in [1.807, 2.05) is 0 Å². The molecule has 0 unspecified atom stereocenters. The molecule has 0 spiro atoms. The van der Waals surface area contributed by atoms with Gasteiger partial charge in [-0.05, 0) is 31.7 Å². The first-order chi connectivity index (χ1) is 8.03. The minimum Gasteiger partial charge on any atom is -0.321 e. The van der Waals surface area contributed by atoms with Gasteiger partial charge in [-0.2, -0.15) is 0 Å². The number of nitrogens with zero attached hydrogens (tertiary/aromatic N) is 2. The molecule has 1 aliphatic rings. The van der Waals surface area contributed by atoms with Gasteiger partial charge in [0.2, 0.25) is 0 Å². The molecule has 2 heterocycles. The number of aromatic nitrogens is 2. The molecule has 3 rings (SSSR count). The summed E-state index contributed by atoms with van der Waals surface area (Å²) in [5.74, 6) is 0.454. The molecule has 1 fully saturated rings. The smallest absolute Gasteiger partial charge is 0.142 e. The third-order valence-electron chi connectivity index (χ3n) is 3.80. The van der Waals surface area contributed by atoms with Crippen molar-refractivity contribution in [3.63, 3.8) is 0 Å². The maximum absolute atomic E-state index is 6.32. The van der Waals surface area contributed by atoms with Crippen molar-refractivity contribution in [1.29, 1.82) is 0 Å². The Morgan fingerprint density at radius 3 is 2.71 bits per heavy atom. The van der Waals surface area contributed by atoms with Crippen LogP contribution >= 0.6 is 0 Å². The van der Waals surface area contributed by atoms with E-state index in [9.17, 15) is 0 Å². The normalized spacial score (nSPS) is 17.9. The topological polar surface area (TPSA) is 43.3 Å². The van der Waals surface area contributed by atoms with E-state index in [1.165, 1.54) is 17.0 Å². The number of nitrogens with two attached hydrogens (primary N) is 1. The molecule has 17 heavy (non-hydrogen) atoms. The summed E-state index contributed by atoms with van der Waals surface area (Å²) >= 11 is 0. The number of aryl methyl sites for hydroxylation is 1. The third-order valence-corrected chi connectivity index (χ3v) is 3.80. The number of hydrogen-bond donors (Lipinski definition) is 1. The largest absolute Gasteiger partial charge is 0.321 e. The average Bonchev–Trinajstić information content (AvgIpc) is 2.94. The Kier molecular flexibility index (Phi) is 2.11. The fourth-order valence-electron chi connectivity index (χ4n) is 2.54. The van der Waals surface area contributed by atoms with Gasteiger partial charge in [0.1, 0.15) is 5.65 Å². The van der Waals surface area contributed by atoms with Crippen molar-refractivity contribution >= 4 is 5.65 Å². The number of imidazole rings is 1. The lowest BCUT2D eigenvalue weighted by molar-refractivity contribution is 0.739. The van der Waals surface area contributed by atoms with Crippen molar-refractivity contribution in [1.82, 2.24) is 9.38 Å². The van der Waals surface area contributed by atoms with Gasteiger partial charge >= 0.3 is 0 Å². The van der Waals surface area contributed by atoms with Crippen molar-refractivity contribution in [3.8, 4) is 0 Å². The first kappa shape index (κ1) is 10.8. The summed E-state index contributed by atoms with van der Waals surface area (Å²) in [4.78, 5) is 4.80. The lowest BCUT2D eigenvalue weighted by atomic mass is 10.1. The number of hydrogen-bond acceptors (Lipinski definition) is 2. The Morgan fingerprint density at radius 1 is 1.41 bits per heavy atom. The lowest BCUT2D eigenvalue weighted by Gasteiger charge is -2.10. The van der Waals surface area contributed by atoms with Gasteiger partial charge in [-0.25, -0.2) is 4.98 Å². The molecule has 0 bridgehead atoms. The monoisotopic (exact) mass is 229 g/mol. The summed E-state index contributed by atoms with van der Waals surface area (Å²) in [6, 6.07) is 4.20. The molecule has 0 radical (unpaired) electrons. The van der Waals surface area contributed by atoms with Gasteiger partial charge in [0, 0.05) is 23.0 Å². The highest BCUT2D eigenvalue weighted by atomic mass is 15.0. The van der Waals surface area contributed by atoms with Crippen molar-refractivity contribution in [2.24, 2.45) is 5.73 Å². The van der Waals surface area contributed by atoms with Gasteiger partial charge in [0.05, 0.1) is 5.69 Å². The van der Waals surface area contributed by atoms with E-state index in [0.29, 0.717) is 5.92 Å². The van der Waals surface area contributed by atoms with Crippen LogP contribution in [0.5, 0.6) is 0 Å². The molecule has 2 aromatic rings. The molecular weight excluding hydrogens is 210 g/mol. The summed E-state index contributed by atoms with van der Waals surface area (Å²) in [6.07, 6.45) is 4.24. The van der Waals surface area contributed by atoms with Crippen LogP contribution in [0.2, 0.25) is 0 Å². The Bertz CT molecular complexity index is 576. The Labute approximate surface area is 102 Å². The zero-order chi connectivity index (χ0) is 12.2. The van der Waals surface area contributed by atoms with Crippen molar-refractivity contribution < 1.29 is 0 Å². The fourth-order valence-corrected chi connectivity index (χ4v) is 2.54. The van der Waals surface area contributed by atoms with E-state index in [1.54, 1.807) is 0 Å². The summed E-state index contributed by atoms with van der Waals surface area (Å²) in [6.45, 7) is 6.50. The summed E-state index contributed by atoms with van der Waals surface area (Å²) in [5, 5.41) is 0. The summed E-state index contributed by atoms with van der Waals surface area (Å²) < 4.78 is 2.18. The van der Waals surface area contributed by atoms with Crippen molar-refractivity contribution in [2.75, 3.05) is 0 Å². The van der Waals surface area contributed by atoms with Crippen LogP contribution in [0.15, 0.2) is 18.3 Å². The second-order valence-electron chi connectivity index (χ2n) is 5.51. The summed E-state index contributed by atoms with van der Waals surface area (Å²) in [5.41, 5.74) is 10.9. The van der Waals surface area contributed by atoms with Gasteiger partial charge in [0.15, 0.2) is 0 Å². The first-order valence-corrected chi connectivity index (χ1v) is 6.30. The van der Waals surface area contributed by atoms with Crippen LogP contribution in [0, 0.1) is 6.92 Å². The Hall–Kier alpha value is -1.35. The molecule has 0 aliphatic heterocycles. The molecule has 1 saturated carbocycles. The van der Waals surface area contributed by atoms with Gasteiger partial charge in [0.25, 0.3) is 0 Å². The van der Waals surface area contributed by atoms with E-state index >= 15 is 0 Å². The molecule has 3 nitrogen and oxygen atoms in total. The molecule has 0 saturated heterocycles. The Morgan fingerprint density at radius 2 is 2.12 bits per heavy atom. The zero-order valence-electron chi connectivity index (χ0n) is 10.7. The molecule has 0 atom stereocenters.